The first kappa shape index (κ1) is 8.56. The normalized spacial score (nSPS) is 16.4. The van der Waals surface area contributed by atoms with E-state index in [0.29, 0.717) is 12.6 Å². The highest BCUT2D eigenvalue weighted by Crippen LogP contribution is 2.33. The summed E-state index contributed by atoms with van der Waals surface area (Å²) in [6, 6.07) is 0.478. The molecule has 0 saturated heterocycles. The molecule has 2 rings (SSSR count). The second kappa shape index (κ2) is 3.38. The largest absolute Gasteiger partial charge is 0.330 e. The van der Waals surface area contributed by atoms with Gasteiger partial charge in [0.15, 0.2) is 0 Å². The zero-order valence-corrected chi connectivity index (χ0v) is 7.65. The fourth-order valence-corrected chi connectivity index (χ4v) is 1.49. The highest BCUT2D eigenvalue weighted by molar-refractivity contribution is 4.91. The highest BCUT2D eigenvalue weighted by atomic mass is 16.1. The standard InChI is InChI=1S/C9H15N3O/c10-4-1-5-11-6-7-12(9(11)13)8-2-3-8/h6-8H,1-5,10H2. The van der Waals surface area contributed by atoms with Crippen LogP contribution in [0.2, 0.25) is 0 Å². The molecule has 4 nitrogen and oxygen atoms in total. The van der Waals surface area contributed by atoms with Crippen LogP contribution in [0, 0.1) is 0 Å². The molecular weight excluding hydrogens is 166 g/mol. The molecule has 4 heteroatoms. The van der Waals surface area contributed by atoms with Crippen molar-refractivity contribution in [2.45, 2.75) is 31.8 Å². The summed E-state index contributed by atoms with van der Waals surface area (Å²) >= 11 is 0. The summed E-state index contributed by atoms with van der Waals surface area (Å²) in [7, 11) is 0. The lowest BCUT2D eigenvalue weighted by atomic mass is 10.4. The van der Waals surface area contributed by atoms with Gasteiger partial charge in [-0.05, 0) is 25.8 Å². The maximum absolute atomic E-state index is 11.6. The zero-order chi connectivity index (χ0) is 9.26. The Morgan fingerprint density at radius 2 is 2.23 bits per heavy atom. The van der Waals surface area contributed by atoms with Crippen LogP contribution in [0.5, 0.6) is 0 Å². The van der Waals surface area contributed by atoms with Crippen LogP contribution in [0.3, 0.4) is 0 Å². The van der Waals surface area contributed by atoms with E-state index < -0.39 is 0 Å². The Labute approximate surface area is 77.0 Å². The molecule has 0 bridgehead atoms. The first-order chi connectivity index (χ1) is 6.33. The van der Waals surface area contributed by atoms with Crippen molar-refractivity contribution in [2.75, 3.05) is 6.54 Å². The van der Waals surface area contributed by atoms with Crippen LogP contribution >= 0.6 is 0 Å². The van der Waals surface area contributed by atoms with E-state index >= 15 is 0 Å². The average Bonchev–Trinajstić information content (AvgIpc) is 2.89. The SMILES string of the molecule is NCCCn1ccn(C2CC2)c1=O. The molecule has 0 amide bonds. The minimum absolute atomic E-state index is 0.121. The topological polar surface area (TPSA) is 52.9 Å². The Morgan fingerprint density at radius 1 is 1.46 bits per heavy atom. The van der Waals surface area contributed by atoms with Crippen molar-refractivity contribution in [2.24, 2.45) is 5.73 Å². The molecule has 1 aliphatic rings. The van der Waals surface area contributed by atoms with E-state index in [9.17, 15) is 4.79 Å². The van der Waals surface area contributed by atoms with Crippen LogP contribution in [0.4, 0.5) is 0 Å². The first-order valence-electron chi connectivity index (χ1n) is 4.80. The van der Waals surface area contributed by atoms with E-state index in [-0.39, 0.29) is 5.69 Å². The third kappa shape index (κ3) is 1.67. The van der Waals surface area contributed by atoms with Gasteiger partial charge in [0.05, 0.1) is 0 Å². The lowest BCUT2D eigenvalue weighted by Gasteiger charge is -1.98. The fraction of sp³-hybridized carbons (Fsp3) is 0.667. The number of aryl methyl sites for hydroxylation is 1. The third-order valence-corrected chi connectivity index (χ3v) is 2.42. The highest BCUT2D eigenvalue weighted by Gasteiger charge is 2.25. The minimum Gasteiger partial charge on any atom is -0.330 e. The van der Waals surface area contributed by atoms with E-state index in [4.69, 9.17) is 5.73 Å². The van der Waals surface area contributed by atoms with Crippen LogP contribution in [0.1, 0.15) is 25.3 Å². The van der Waals surface area contributed by atoms with E-state index in [2.05, 4.69) is 0 Å². The quantitative estimate of drug-likeness (QED) is 0.728. The van der Waals surface area contributed by atoms with Crippen molar-refractivity contribution in [3.63, 3.8) is 0 Å². The molecule has 1 aliphatic carbocycles. The van der Waals surface area contributed by atoms with Crippen LogP contribution in [-0.4, -0.2) is 15.7 Å². The number of hydrogen-bond acceptors (Lipinski definition) is 2. The van der Waals surface area contributed by atoms with E-state index in [1.807, 2.05) is 17.0 Å². The second-order valence-corrected chi connectivity index (χ2v) is 3.55. The van der Waals surface area contributed by atoms with Crippen molar-refractivity contribution in [3.8, 4) is 0 Å². The van der Waals surface area contributed by atoms with E-state index in [1.165, 1.54) is 0 Å². The molecule has 1 fully saturated rings. The van der Waals surface area contributed by atoms with E-state index in [0.717, 1.165) is 25.8 Å². The molecule has 0 spiro atoms. The first-order valence-corrected chi connectivity index (χ1v) is 4.80. The molecule has 1 aromatic heterocycles. The number of aromatic nitrogens is 2. The van der Waals surface area contributed by atoms with Gasteiger partial charge in [-0.1, -0.05) is 0 Å². The van der Waals surface area contributed by atoms with Crippen molar-refractivity contribution >= 4 is 0 Å². The Hall–Kier alpha value is -1.03. The lowest BCUT2D eigenvalue weighted by Crippen LogP contribution is -2.24. The van der Waals surface area contributed by atoms with Crippen LogP contribution in [-0.2, 0) is 6.54 Å². The summed E-state index contributed by atoms with van der Waals surface area (Å²) in [5, 5.41) is 0. The molecule has 0 unspecified atom stereocenters. The summed E-state index contributed by atoms with van der Waals surface area (Å²) in [6.45, 7) is 1.39. The summed E-state index contributed by atoms with van der Waals surface area (Å²) < 4.78 is 3.57. The minimum atomic E-state index is 0.121. The third-order valence-electron chi connectivity index (χ3n) is 2.42. The van der Waals surface area contributed by atoms with Gasteiger partial charge in [-0.15, -0.1) is 0 Å². The van der Waals surface area contributed by atoms with Gasteiger partial charge in [0.25, 0.3) is 0 Å². The monoisotopic (exact) mass is 181 g/mol. The van der Waals surface area contributed by atoms with Crippen LogP contribution in [0.25, 0.3) is 0 Å². The number of nitrogens with zero attached hydrogens (tertiary/aromatic N) is 2. The second-order valence-electron chi connectivity index (χ2n) is 3.55. The van der Waals surface area contributed by atoms with Gasteiger partial charge < -0.3 is 5.73 Å². The average molecular weight is 181 g/mol. The Bertz CT molecular complexity index is 335. The zero-order valence-electron chi connectivity index (χ0n) is 7.65. The molecule has 72 valence electrons. The number of hydrogen-bond donors (Lipinski definition) is 1. The Balaban J connectivity index is 2.13. The molecule has 2 N–H and O–H groups in total. The van der Waals surface area contributed by atoms with Crippen molar-refractivity contribution in [1.29, 1.82) is 0 Å². The summed E-state index contributed by atoms with van der Waals surface area (Å²) in [4.78, 5) is 11.6. The van der Waals surface area contributed by atoms with Gasteiger partial charge in [0.1, 0.15) is 0 Å². The van der Waals surface area contributed by atoms with Gasteiger partial charge in [-0.2, -0.15) is 0 Å². The molecule has 0 aliphatic heterocycles. The lowest BCUT2D eigenvalue weighted by molar-refractivity contribution is 0.597. The molecule has 1 aromatic rings. The van der Waals surface area contributed by atoms with Crippen molar-refractivity contribution < 1.29 is 0 Å². The molecule has 0 atom stereocenters. The molecule has 0 radical (unpaired) electrons. The predicted octanol–water partition coefficient (Wildman–Crippen LogP) is 0.333. The van der Waals surface area contributed by atoms with Crippen LogP contribution in [0.15, 0.2) is 17.2 Å². The van der Waals surface area contributed by atoms with Gasteiger partial charge in [-0.3, -0.25) is 9.13 Å². The molecule has 1 saturated carbocycles. The van der Waals surface area contributed by atoms with Crippen molar-refractivity contribution in [3.05, 3.63) is 22.9 Å². The predicted molar refractivity (Wildman–Crippen MR) is 50.6 cm³/mol. The maximum atomic E-state index is 11.6. The number of imidazole rings is 1. The van der Waals surface area contributed by atoms with Gasteiger partial charge in [0.2, 0.25) is 0 Å². The molecular formula is C9H15N3O. The van der Waals surface area contributed by atoms with Crippen LogP contribution < -0.4 is 11.4 Å². The van der Waals surface area contributed by atoms with Gasteiger partial charge in [0, 0.05) is 25.0 Å². The molecule has 13 heavy (non-hydrogen) atoms. The summed E-state index contributed by atoms with van der Waals surface area (Å²) in [5.41, 5.74) is 5.50. The smallest absolute Gasteiger partial charge is 0.328 e. The molecule has 1 heterocycles. The maximum Gasteiger partial charge on any atom is 0.328 e. The van der Waals surface area contributed by atoms with E-state index in [1.54, 1.807) is 4.57 Å². The number of nitrogens with two attached hydrogens (primary N) is 1. The molecule has 0 aromatic carbocycles. The van der Waals surface area contributed by atoms with Gasteiger partial charge >= 0.3 is 5.69 Å². The van der Waals surface area contributed by atoms with Gasteiger partial charge in [-0.25, -0.2) is 4.79 Å². The Morgan fingerprint density at radius 3 is 2.85 bits per heavy atom. The Kier molecular flexibility index (Phi) is 2.22. The summed E-state index contributed by atoms with van der Waals surface area (Å²) in [6.07, 6.45) is 6.92. The number of rotatable bonds is 4. The summed E-state index contributed by atoms with van der Waals surface area (Å²) in [5.74, 6) is 0. The van der Waals surface area contributed by atoms with Crippen molar-refractivity contribution in [1.82, 2.24) is 9.13 Å². The fourth-order valence-electron chi connectivity index (χ4n) is 1.49.